The van der Waals surface area contributed by atoms with E-state index in [9.17, 15) is 4.39 Å². The van der Waals surface area contributed by atoms with Gasteiger partial charge in [0, 0.05) is 16.0 Å². The monoisotopic (exact) mass is 211 g/mol. The molecule has 1 nitrogen and oxygen atoms in total. The molecule has 2 rings (SSSR count). The van der Waals surface area contributed by atoms with E-state index in [4.69, 9.17) is 5.73 Å². The molecule has 0 saturated heterocycles. The van der Waals surface area contributed by atoms with Crippen molar-refractivity contribution in [3.8, 4) is 0 Å². The Balaban J connectivity index is 2.50. The molecule has 1 aliphatic rings. The zero-order valence-corrected chi connectivity index (χ0v) is 9.25. The maximum Gasteiger partial charge on any atom is 0.128 e. The normalized spacial score (nSPS) is 18.3. The molecule has 1 fully saturated rings. The summed E-state index contributed by atoms with van der Waals surface area (Å²) < 4.78 is 13.6. The third kappa shape index (κ3) is 1.55. The number of halogens is 1. The van der Waals surface area contributed by atoms with Crippen LogP contribution in [0.1, 0.15) is 24.0 Å². The second kappa shape index (κ2) is 3.24. The Morgan fingerprint density at radius 3 is 2.57 bits per heavy atom. The molecule has 1 aromatic carbocycles. The van der Waals surface area contributed by atoms with Crippen molar-refractivity contribution in [2.45, 2.75) is 30.2 Å². The number of thioether (sulfide) groups is 1. The largest absolute Gasteiger partial charge is 0.321 e. The highest BCUT2D eigenvalue weighted by atomic mass is 32.2. The summed E-state index contributed by atoms with van der Waals surface area (Å²) in [6, 6.07) is 3.50. The van der Waals surface area contributed by atoms with Crippen LogP contribution in [-0.2, 0) is 5.54 Å². The molecule has 0 heterocycles. The molecule has 1 aliphatic carbocycles. The smallest absolute Gasteiger partial charge is 0.128 e. The first-order valence-electron chi connectivity index (χ1n) is 4.70. The summed E-state index contributed by atoms with van der Waals surface area (Å²) in [6.45, 7) is 1.93. The second-order valence-electron chi connectivity index (χ2n) is 3.96. The SMILES string of the molecule is CSc1cc(C2(N)CC2)c(F)cc1C. The van der Waals surface area contributed by atoms with Crippen LogP contribution in [0.4, 0.5) is 4.39 Å². The topological polar surface area (TPSA) is 26.0 Å². The molecule has 0 bridgehead atoms. The summed E-state index contributed by atoms with van der Waals surface area (Å²) in [7, 11) is 0. The molecule has 76 valence electrons. The van der Waals surface area contributed by atoms with Crippen molar-refractivity contribution >= 4 is 11.8 Å². The van der Waals surface area contributed by atoms with E-state index in [1.54, 1.807) is 17.8 Å². The Labute approximate surface area is 87.9 Å². The van der Waals surface area contributed by atoms with Crippen LogP contribution in [0.25, 0.3) is 0 Å². The van der Waals surface area contributed by atoms with Crippen LogP contribution in [-0.4, -0.2) is 6.26 Å². The van der Waals surface area contributed by atoms with E-state index < -0.39 is 0 Å². The predicted molar refractivity (Wildman–Crippen MR) is 58.0 cm³/mol. The summed E-state index contributed by atoms with van der Waals surface area (Å²) in [5.74, 6) is -0.152. The third-order valence-corrected chi connectivity index (χ3v) is 3.69. The molecule has 0 spiro atoms. The van der Waals surface area contributed by atoms with Crippen LogP contribution in [0, 0.1) is 12.7 Å². The molecule has 0 unspecified atom stereocenters. The average Bonchev–Trinajstić information content (AvgIpc) is 2.85. The third-order valence-electron chi connectivity index (χ3n) is 2.81. The van der Waals surface area contributed by atoms with E-state index in [1.165, 1.54) is 0 Å². The van der Waals surface area contributed by atoms with Crippen molar-refractivity contribution in [1.29, 1.82) is 0 Å². The van der Waals surface area contributed by atoms with Crippen molar-refractivity contribution in [3.05, 3.63) is 29.1 Å². The van der Waals surface area contributed by atoms with Gasteiger partial charge < -0.3 is 5.73 Å². The van der Waals surface area contributed by atoms with Crippen LogP contribution in [0.5, 0.6) is 0 Å². The predicted octanol–water partition coefficient (Wildman–Crippen LogP) is 2.80. The highest BCUT2D eigenvalue weighted by molar-refractivity contribution is 7.98. The van der Waals surface area contributed by atoms with Crippen LogP contribution >= 0.6 is 11.8 Å². The van der Waals surface area contributed by atoms with Gasteiger partial charge in [0.15, 0.2) is 0 Å². The number of hydrogen-bond acceptors (Lipinski definition) is 2. The van der Waals surface area contributed by atoms with Gasteiger partial charge in [0.05, 0.1) is 0 Å². The van der Waals surface area contributed by atoms with Gasteiger partial charge >= 0.3 is 0 Å². The van der Waals surface area contributed by atoms with Gasteiger partial charge in [0.1, 0.15) is 5.82 Å². The summed E-state index contributed by atoms with van der Waals surface area (Å²) in [5.41, 5.74) is 7.30. The van der Waals surface area contributed by atoms with Crippen molar-refractivity contribution in [3.63, 3.8) is 0 Å². The molecule has 1 saturated carbocycles. The van der Waals surface area contributed by atoms with Crippen molar-refractivity contribution < 1.29 is 4.39 Å². The minimum atomic E-state index is -0.373. The van der Waals surface area contributed by atoms with Gasteiger partial charge in [-0.15, -0.1) is 11.8 Å². The van der Waals surface area contributed by atoms with E-state index in [0.717, 1.165) is 23.3 Å². The Hall–Kier alpha value is -0.540. The van der Waals surface area contributed by atoms with Gasteiger partial charge in [-0.25, -0.2) is 4.39 Å². The van der Waals surface area contributed by atoms with Crippen LogP contribution < -0.4 is 5.73 Å². The zero-order chi connectivity index (χ0) is 10.3. The zero-order valence-electron chi connectivity index (χ0n) is 8.43. The maximum absolute atomic E-state index is 13.6. The van der Waals surface area contributed by atoms with E-state index in [0.29, 0.717) is 5.56 Å². The quantitative estimate of drug-likeness (QED) is 0.761. The number of nitrogens with two attached hydrogens (primary N) is 1. The van der Waals surface area contributed by atoms with Gasteiger partial charge in [-0.3, -0.25) is 0 Å². The first kappa shape index (κ1) is 9.99. The first-order valence-corrected chi connectivity index (χ1v) is 5.93. The van der Waals surface area contributed by atoms with Crippen LogP contribution in [0.2, 0.25) is 0 Å². The minimum absolute atomic E-state index is 0.152. The van der Waals surface area contributed by atoms with Crippen molar-refractivity contribution in [2.75, 3.05) is 6.26 Å². The molecular formula is C11H14FNS. The lowest BCUT2D eigenvalue weighted by molar-refractivity contribution is 0.574. The lowest BCUT2D eigenvalue weighted by atomic mass is 10.0. The fourth-order valence-electron chi connectivity index (χ4n) is 1.66. The van der Waals surface area contributed by atoms with Gasteiger partial charge in [-0.1, -0.05) is 0 Å². The van der Waals surface area contributed by atoms with Gasteiger partial charge in [0.2, 0.25) is 0 Å². The molecule has 0 atom stereocenters. The fourth-order valence-corrected chi connectivity index (χ4v) is 2.27. The van der Waals surface area contributed by atoms with Crippen molar-refractivity contribution in [2.24, 2.45) is 5.73 Å². The molecular weight excluding hydrogens is 197 g/mol. The molecule has 0 aromatic heterocycles. The number of benzene rings is 1. The Kier molecular flexibility index (Phi) is 2.32. The lowest BCUT2D eigenvalue weighted by Crippen LogP contribution is -2.20. The number of aryl methyl sites for hydroxylation is 1. The van der Waals surface area contributed by atoms with E-state index in [-0.39, 0.29) is 11.4 Å². The Bertz CT molecular complexity index is 372. The van der Waals surface area contributed by atoms with Gasteiger partial charge in [-0.2, -0.15) is 0 Å². The van der Waals surface area contributed by atoms with Gasteiger partial charge in [-0.05, 0) is 43.7 Å². The Morgan fingerprint density at radius 2 is 2.07 bits per heavy atom. The first-order chi connectivity index (χ1) is 6.57. The second-order valence-corrected chi connectivity index (χ2v) is 4.81. The Morgan fingerprint density at radius 1 is 1.43 bits per heavy atom. The summed E-state index contributed by atoms with van der Waals surface area (Å²) >= 11 is 1.64. The molecule has 1 aromatic rings. The minimum Gasteiger partial charge on any atom is -0.321 e. The van der Waals surface area contributed by atoms with E-state index >= 15 is 0 Å². The van der Waals surface area contributed by atoms with Crippen LogP contribution in [0.3, 0.4) is 0 Å². The van der Waals surface area contributed by atoms with Gasteiger partial charge in [0.25, 0.3) is 0 Å². The summed E-state index contributed by atoms with van der Waals surface area (Å²) in [6.07, 6.45) is 3.81. The van der Waals surface area contributed by atoms with E-state index in [2.05, 4.69) is 0 Å². The standard InChI is InChI=1S/C11H14FNS/c1-7-5-9(12)8(6-10(7)14-2)11(13)3-4-11/h5-6H,3-4,13H2,1-2H3. The highest BCUT2D eigenvalue weighted by Gasteiger charge is 2.42. The number of rotatable bonds is 2. The van der Waals surface area contributed by atoms with Crippen LogP contribution in [0.15, 0.2) is 17.0 Å². The number of hydrogen-bond donors (Lipinski definition) is 1. The van der Waals surface area contributed by atoms with E-state index in [1.807, 2.05) is 19.2 Å². The molecule has 0 amide bonds. The highest BCUT2D eigenvalue weighted by Crippen LogP contribution is 2.44. The van der Waals surface area contributed by atoms with Crippen molar-refractivity contribution in [1.82, 2.24) is 0 Å². The fraction of sp³-hybridized carbons (Fsp3) is 0.455. The lowest BCUT2D eigenvalue weighted by Gasteiger charge is -2.13. The molecule has 2 N–H and O–H groups in total. The molecule has 0 aliphatic heterocycles. The molecule has 3 heteroatoms. The summed E-state index contributed by atoms with van der Waals surface area (Å²) in [4.78, 5) is 1.12. The summed E-state index contributed by atoms with van der Waals surface area (Å²) in [5, 5.41) is 0. The maximum atomic E-state index is 13.6. The molecule has 0 radical (unpaired) electrons. The molecule has 14 heavy (non-hydrogen) atoms. The average molecular weight is 211 g/mol.